The Kier molecular flexibility index (Phi) is 3.62. The van der Waals surface area contributed by atoms with Crippen LogP contribution in [0.1, 0.15) is 24.4 Å². The Morgan fingerprint density at radius 1 is 1.20 bits per heavy atom. The van der Waals surface area contributed by atoms with Crippen LogP contribution in [0.3, 0.4) is 0 Å². The van der Waals surface area contributed by atoms with E-state index in [-0.39, 0.29) is 5.91 Å². The molecule has 25 heavy (non-hydrogen) atoms. The number of aryl methyl sites for hydroxylation is 1. The second-order valence-electron chi connectivity index (χ2n) is 6.51. The van der Waals surface area contributed by atoms with E-state index >= 15 is 0 Å². The lowest BCUT2D eigenvalue weighted by molar-refractivity contribution is -0.121. The summed E-state index contributed by atoms with van der Waals surface area (Å²) in [5.74, 6) is 0.118. The summed E-state index contributed by atoms with van der Waals surface area (Å²) in [5.41, 5.74) is 3.39. The fourth-order valence-electron chi connectivity index (χ4n) is 3.03. The molecule has 0 aliphatic carbocycles. The molecule has 0 saturated carbocycles. The van der Waals surface area contributed by atoms with Crippen LogP contribution in [0.15, 0.2) is 23.6 Å². The van der Waals surface area contributed by atoms with E-state index in [4.69, 9.17) is 0 Å². The molecule has 1 aliphatic heterocycles. The summed E-state index contributed by atoms with van der Waals surface area (Å²) < 4.78 is 0. The Balaban J connectivity index is 1.66. The van der Waals surface area contributed by atoms with Gasteiger partial charge in [0.1, 0.15) is 5.01 Å². The molecular weight excluding hydrogens is 354 g/mol. The summed E-state index contributed by atoms with van der Waals surface area (Å²) in [4.78, 5) is 18.8. The smallest absolute Gasteiger partial charge is 0.236 e. The highest BCUT2D eigenvalue weighted by molar-refractivity contribution is 7.16. The minimum atomic E-state index is -0.513. The van der Waals surface area contributed by atoms with Crippen LogP contribution in [0.4, 0.5) is 16.0 Å². The quantitative estimate of drug-likeness (QED) is 0.754. The van der Waals surface area contributed by atoms with Crippen LogP contribution in [0.5, 0.6) is 0 Å². The lowest BCUT2D eigenvalue weighted by Crippen LogP contribution is -2.33. The molecule has 0 saturated heterocycles. The van der Waals surface area contributed by atoms with Gasteiger partial charge in [0.25, 0.3) is 0 Å². The van der Waals surface area contributed by atoms with Crippen molar-refractivity contribution in [3.63, 3.8) is 0 Å². The van der Waals surface area contributed by atoms with Crippen LogP contribution in [0, 0.1) is 6.92 Å². The summed E-state index contributed by atoms with van der Waals surface area (Å²) >= 11 is 3.02. The Morgan fingerprint density at radius 3 is 2.72 bits per heavy atom. The van der Waals surface area contributed by atoms with Gasteiger partial charge in [-0.1, -0.05) is 17.4 Å². The predicted molar refractivity (Wildman–Crippen MR) is 102 cm³/mol. The Hall–Kier alpha value is -2.32. The number of rotatable bonds is 3. The van der Waals surface area contributed by atoms with Gasteiger partial charge in [-0.25, -0.2) is 4.98 Å². The summed E-state index contributed by atoms with van der Waals surface area (Å²) in [7, 11) is 1.82. The number of carbonyl (C=O) groups excluding carboxylic acids is 1. The van der Waals surface area contributed by atoms with Gasteiger partial charge in [0.15, 0.2) is 5.13 Å². The molecule has 0 unspecified atom stereocenters. The van der Waals surface area contributed by atoms with E-state index < -0.39 is 5.41 Å². The van der Waals surface area contributed by atoms with Gasteiger partial charge in [0.2, 0.25) is 11.0 Å². The number of nitrogens with zero attached hydrogens (tertiary/aromatic N) is 4. The maximum atomic E-state index is 12.4. The van der Waals surface area contributed by atoms with Gasteiger partial charge in [-0.05, 0) is 38.5 Å². The standard InChI is InChI=1S/C17H17N5OS2/c1-9-20-21-16(25-9)19-15-18-12(8-24-15)10-5-6-13-11(7-10)17(2,3)14(23)22(13)4/h5-8H,1-4H3,(H,18,19,21). The average molecular weight is 371 g/mol. The van der Waals surface area contributed by atoms with E-state index in [1.807, 2.05) is 45.3 Å². The van der Waals surface area contributed by atoms with Gasteiger partial charge < -0.3 is 10.2 Å². The van der Waals surface area contributed by atoms with Gasteiger partial charge in [-0.3, -0.25) is 4.79 Å². The number of anilines is 3. The van der Waals surface area contributed by atoms with E-state index in [1.165, 1.54) is 22.7 Å². The molecule has 0 fully saturated rings. The highest BCUT2D eigenvalue weighted by Crippen LogP contribution is 2.42. The van der Waals surface area contributed by atoms with Crippen molar-refractivity contribution in [3.8, 4) is 11.3 Å². The third kappa shape index (κ3) is 2.61. The minimum absolute atomic E-state index is 0.118. The lowest BCUT2D eigenvalue weighted by atomic mass is 9.85. The molecule has 0 atom stereocenters. The minimum Gasteiger partial charge on any atom is -0.314 e. The van der Waals surface area contributed by atoms with Crippen molar-refractivity contribution in [3.05, 3.63) is 34.2 Å². The lowest BCUT2D eigenvalue weighted by Gasteiger charge is -2.16. The molecule has 128 valence electrons. The number of aromatic nitrogens is 3. The van der Waals surface area contributed by atoms with Gasteiger partial charge >= 0.3 is 0 Å². The number of likely N-dealkylation sites (N-methyl/N-ethyl adjacent to an activating group) is 1. The normalized spacial score (nSPS) is 15.5. The first kappa shape index (κ1) is 16.2. The van der Waals surface area contributed by atoms with E-state index in [9.17, 15) is 4.79 Å². The number of thiazole rings is 1. The zero-order valence-corrected chi connectivity index (χ0v) is 16.0. The topological polar surface area (TPSA) is 71.0 Å². The first-order valence-corrected chi connectivity index (χ1v) is 9.51. The molecule has 0 spiro atoms. The molecule has 1 aliphatic rings. The molecule has 4 rings (SSSR count). The largest absolute Gasteiger partial charge is 0.314 e. The Bertz CT molecular complexity index is 975. The van der Waals surface area contributed by atoms with Crippen molar-refractivity contribution < 1.29 is 4.79 Å². The van der Waals surface area contributed by atoms with Crippen molar-refractivity contribution in [1.29, 1.82) is 0 Å². The number of nitrogens with one attached hydrogen (secondary N) is 1. The summed E-state index contributed by atoms with van der Waals surface area (Å²) in [5, 5.41) is 15.7. The van der Waals surface area contributed by atoms with Crippen molar-refractivity contribution in [1.82, 2.24) is 15.2 Å². The summed E-state index contributed by atoms with van der Waals surface area (Å²) in [6.45, 7) is 5.85. The second-order valence-corrected chi connectivity index (χ2v) is 8.55. The molecule has 3 heterocycles. The number of benzene rings is 1. The summed E-state index contributed by atoms with van der Waals surface area (Å²) in [6, 6.07) is 6.08. The third-order valence-corrected chi connectivity index (χ3v) is 5.92. The van der Waals surface area contributed by atoms with Crippen LogP contribution in [-0.2, 0) is 10.2 Å². The van der Waals surface area contributed by atoms with Crippen molar-refractivity contribution in [2.75, 3.05) is 17.3 Å². The summed E-state index contributed by atoms with van der Waals surface area (Å²) in [6.07, 6.45) is 0. The van der Waals surface area contributed by atoms with Gasteiger partial charge in [-0.2, -0.15) is 0 Å². The van der Waals surface area contributed by atoms with E-state index in [0.29, 0.717) is 0 Å². The number of carbonyl (C=O) groups is 1. The first-order chi connectivity index (χ1) is 11.9. The molecular formula is C17H17N5OS2. The fourth-order valence-corrected chi connectivity index (χ4v) is 4.41. The van der Waals surface area contributed by atoms with Crippen LogP contribution in [-0.4, -0.2) is 28.1 Å². The van der Waals surface area contributed by atoms with E-state index in [0.717, 1.165) is 37.8 Å². The van der Waals surface area contributed by atoms with Crippen molar-refractivity contribution in [2.24, 2.45) is 0 Å². The number of amides is 1. The Labute approximate surface area is 153 Å². The number of fused-ring (bicyclic) bond motifs is 1. The van der Waals surface area contributed by atoms with Crippen molar-refractivity contribution >= 4 is 44.5 Å². The molecule has 1 amide bonds. The maximum absolute atomic E-state index is 12.4. The molecule has 1 N–H and O–H groups in total. The SMILES string of the molecule is Cc1nnc(Nc2nc(-c3ccc4c(c3)C(C)(C)C(=O)N4C)cs2)s1. The fraction of sp³-hybridized carbons (Fsp3) is 0.294. The molecule has 0 radical (unpaired) electrons. The number of hydrogen-bond acceptors (Lipinski definition) is 7. The highest BCUT2D eigenvalue weighted by Gasteiger charge is 2.42. The second kappa shape index (κ2) is 5.60. The first-order valence-electron chi connectivity index (χ1n) is 7.82. The molecule has 1 aromatic carbocycles. The zero-order chi connectivity index (χ0) is 17.8. The van der Waals surface area contributed by atoms with Crippen LogP contribution in [0.2, 0.25) is 0 Å². The van der Waals surface area contributed by atoms with Crippen molar-refractivity contribution in [2.45, 2.75) is 26.2 Å². The Morgan fingerprint density at radius 2 is 2.00 bits per heavy atom. The molecule has 8 heteroatoms. The average Bonchev–Trinajstić information content (AvgIpc) is 3.25. The van der Waals surface area contributed by atoms with Gasteiger partial charge in [-0.15, -0.1) is 21.5 Å². The van der Waals surface area contributed by atoms with Gasteiger partial charge in [0.05, 0.1) is 11.1 Å². The monoisotopic (exact) mass is 371 g/mol. The predicted octanol–water partition coefficient (Wildman–Crippen LogP) is 3.97. The maximum Gasteiger partial charge on any atom is 0.236 e. The van der Waals surface area contributed by atoms with Crippen LogP contribution < -0.4 is 10.2 Å². The van der Waals surface area contributed by atoms with E-state index in [1.54, 1.807) is 4.90 Å². The van der Waals surface area contributed by atoms with Crippen LogP contribution >= 0.6 is 22.7 Å². The van der Waals surface area contributed by atoms with E-state index in [2.05, 4.69) is 26.6 Å². The molecule has 3 aromatic rings. The molecule has 2 aromatic heterocycles. The third-order valence-electron chi connectivity index (χ3n) is 4.41. The zero-order valence-electron chi connectivity index (χ0n) is 14.3. The highest BCUT2D eigenvalue weighted by atomic mass is 32.1. The van der Waals surface area contributed by atoms with Crippen LogP contribution in [0.25, 0.3) is 11.3 Å². The molecule has 0 bridgehead atoms. The van der Waals surface area contributed by atoms with Gasteiger partial charge in [0, 0.05) is 23.7 Å². The number of hydrogen-bond donors (Lipinski definition) is 1. The molecule has 6 nitrogen and oxygen atoms in total.